The first-order valence-corrected chi connectivity index (χ1v) is 9.72. The van der Waals surface area contributed by atoms with Crippen LogP contribution in [0.25, 0.3) is 0 Å². The Bertz CT molecular complexity index is 614. The topological polar surface area (TPSA) is 43.9 Å². The summed E-state index contributed by atoms with van der Waals surface area (Å²) in [6, 6.07) is 7.28. The van der Waals surface area contributed by atoms with E-state index in [9.17, 15) is 9.59 Å². The Kier molecular flexibility index (Phi) is 5.46. The summed E-state index contributed by atoms with van der Waals surface area (Å²) >= 11 is 1.66. The molecule has 24 heavy (non-hydrogen) atoms. The van der Waals surface area contributed by atoms with Gasteiger partial charge in [-0.05, 0) is 25.1 Å². The summed E-state index contributed by atoms with van der Waals surface area (Å²) in [5, 5.41) is 0. The highest BCUT2D eigenvalue weighted by atomic mass is 32.2. The molecule has 0 bridgehead atoms. The van der Waals surface area contributed by atoms with E-state index in [4.69, 9.17) is 0 Å². The molecule has 2 aliphatic rings. The van der Waals surface area contributed by atoms with E-state index in [2.05, 4.69) is 11.8 Å². The van der Waals surface area contributed by atoms with Crippen LogP contribution in [0.3, 0.4) is 0 Å². The SMILES string of the molecule is CCN1CCN(C(=O)C2CSCN2C(=O)c2ccccc2C)CC1. The smallest absolute Gasteiger partial charge is 0.255 e. The Labute approximate surface area is 148 Å². The first kappa shape index (κ1) is 17.3. The van der Waals surface area contributed by atoms with Crippen molar-refractivity contribution in [1.29, 1.82) is 0 Å². The third kappa shape index (κ3) is 3.44. The van der Waals surface area contributed by atoms with Crippen molar-refractivity contribution >= 4 is 23.6 Å². The second kappa shape index (κ2) is 7.57. The van der Waals surface area contributed by atoms with E-state index in [0.717, 1.165) is 38.3 Å². The molecule has 130 valence electrons. The molecule has 2 saturated heterocycles. The summed E-state index contributed by atoms with van der Waals surface area (Å²) in [6.45, 7) is 8.49. The number of carbonyl (C=O) groups excluding carboxylic acids is 2. The summed E-state index contributed by atoms with van der Waals surface area (Å²) in [5.74, 6) is 1.38. The molecule has 1 aromatic rings. The van der Waals surface area contributed by atoms with Gasteiger partial charge in [0.15, 0.2) is 0 Å². The van der Waals surface area contributed by atoms with Gasteiger partial charge in [-0.25, -0.2) is 0 Å². The van der Waals surface area contributed by atoms with Crippen LogP contribution >= 0.6 is 11.8 Å². The van der Waals surface area contributed by atoms with Crippen LogP contribution in [0.2, 0.25) is 0 Å². The Morgan fingerprint density at radius 3 is 2.54 bits per heavy atom. The highest BCUT2D eigenvalue weighted by Crippen LogP contribution is 2.26. The minimum atomic E-state index is -0.324. The van der Waals surface area contributed by atoms with Gasteiger partial charge in [-0.1, -0.05) is 25.1 Å². The molecule has 3 rings (SSSR count). The maximum absolute atomic E-state index is 12.9. The van der Waals surface area contributed by atoms with Gasteiger partial charge in [-0.3, -0.25) is 9.59 Å². The van der Waals surface area contributed by atoms with Crippen molar-refractivity contribution in [3.63, 3.8) is 0 Å². The zero-order valence-corrected chi connectivity index (χ0v) is 15.2. The van der Waals surface area contributed by atoms with E-state index in [0.29, 0.717) is 17.2 Å². The predicted octanol–water partition coefficient (Wildman–Crippen LogP) is 1.67. The first-order chi connectivity index (χ1) is 11.6. The third-order valence-electron chi connectivity index (χ3n) is 4.93. The molecule has 0 aromatic heterocycles. The number of aryl methyl sites for hydroxylation is 1. The quantitative estimate of drug-likeness (QED) is 0.834. The maximum atomic E-state index is 12.9. The number of thioether (sulfide) groups is 1. The fourth-order valence-electron chi connectivity index (χ4n) is 3.31. The third-order valence-corrected chi connectivity index (χ3v) is 5.95. The molecule has 0 saturated carbocycles. The van der Waals surface area contributed by atoms with E-state index >= 15 is 0 Å². The number of hydrogen-bond acceptors (Lipinski definition) is 4. The molecule has 0 N–H and O–H groups in total. The van der Waals surface area contributed by atoms with Crippen LogP contribution < -0.4 is 0 Å². The van der Waals surface area contributed by atoms with E-state index in [1.807, 2.05) is 36.1 Å². The lowest BCUT2D eigenvalue weighted by molar-refractivity contribution is -0.136. The lowest BCUT2D eigenvalue weighted by Gasteiger charge is -2.36. The van der Waals surface area contributed by atoms with Crippen LogP contribution in [-0.2, 0) is 4.79 Å². The van der Waals surface area contributed by atoms with Crippen molar-refractivity contribution in [3.05, 3.63) is 35.4 Å². The van der Waals surface area contributed by atoms with Crippen LogP contribution in [0.5, 0.6) is 0 Å². The van der Waals surface area contributed by atoms with Crippen molar-refractivity contribution in [2.24, 2.45) is 0 Å². The maximum Gasteiger partial charge on any atom is 0.255 e. The highest BCUT2D eigenvalue weighted by molar-refractivity contribution is 7.99. The Morgan fingerprint density at radius 1 is 1.17 bits per heavy atom. The highest BCUT2D eigenvalue weighted by Gasteiger charge is 2.38. The summed E-state index contributed by atoms with van der Waals surface area (Å²) in [5.41, 5.74) is 1.66. The Balaban J connectivity index is 1.70. The lowest BCUT2D eigenvalue weighted by atomic mass is 10.1. The standard InChI is InChI=1S/C18H25N3O2S/c1-3-19-8-10-20(11-9-19)18(23)16-12-24-13-21(16)17(22)15-7-5-4-6-14(15)2/h4-7,16H,3,8-13H2,1-2H3. The van der Waals surface area contributed by atoms with Crippen LogP contribution in [0.15, 0.2) is 24.3 Å². The zero-order valence-electron chi connectivity index (χ0n) is 14.4. The molecule has 6 heteroatoms. The van der Waals surface area contributed by atoms with Crippen molar-refractivity contribution < 1.29 is 9.59 Å². The van der Waals surface area contributed by atoms with Gasteiger partial charge in [-0.2, -0.15) is 0 Å². The number of piperazine rings is 1. The fourth-order valence-corrected chi connectivity index (χ4v) is 4.46. The second-order valence-electron chi connectivity index (χ2n) is 6.37. The molecular formula is C18H25N3O2S. The van der Waals surface area contributed by atoms with Gasteiger partial charge < -0.3 is 14.7 Å². The zero-order chi connectivity index (χ0) is 17.1. The average Bonchev–Trinajstić information content (AvgIpc) is 3.10. The Morgan fingerprint density at radius 2 is 1.88 bits per heavy atom. The molecule has 2 heterocycles. The van der Waals surface area contributed by atoms with Crippen molar-refractivity contribution in [1.82, 2.24) is 14.7 Å². The number of hydrogen-bond donors (Lipinski definition) is 0. The van der Waals surface area contributed by atoms with Crippen LogP contribution in [0.1, 0.15) is 22.8 Å². The molecule has 1 unspecified atom stereocenters. The minimum absolute atomic E-state index is 0.0244. The molecule has 0 radical (unpaired) electrons. The van der Waals surface area contributed by atoms with Crippen molar-refractivity contribution in [2.75, 3.05) is 44.4 Å². The minimum Gasteiger partial charge on any atom is -0.338 e. The molecular weight excluding hydrogens is 322 g/mol. The average molecular weight is 347 g/mol. The summed E-state index contributed by atoms with van der Waals surface area (Å²) < 4.78 is 0. The number of nitrogens with zero attached hydrogens (tertiary/aromatic N) is 3. The van der Waals surface area contributed by atoms with Gasteiger partial charge >= 0.3 is 0 Å². The molecule has 1 aromatic carbocycles. The summed E-state index contributed by atoms with van der Waals surface area (Å²) in [6.07, 6.45) is 0. The normalized spacial score (nSPS) is 22.0. The fraction of sp³-hybridized carbons (Fsp3) is 0.556. The van der Waals surface area contributed by atoms with Gasteiger partial charge in [0.1, 0.15) is 6.04 Å². The van der Waals surface area contributed by atoms with E-state index < -0.39 is 0 Å². The van der Waals surface area contributed by atoms with Gasteiger partial charge in [0.05, 0.1) is 5.88 Å². The van der Waals surface area contributed by atoms with Crippen molar-refractivity contribution in [3.8, 4) is 0 Å². The largest absolute Gasteiger partial charge is 0.338 e. The predicted molar refractivity (Wildman–Crippen MR) is 97.2 cm³/mol. The number of amides is 2. The van der Waals surface area contributed by atoms with E-state index in [-0.39, 0.29) is 17.9 Å². The number of rotatable bonds is 3. The molecule has 0 aliphatic carbocycles. The molecule has 2 aliphatic heterocycles. The van der Waals surface area contributed by atoms with Gasteiger partial charge in [0.25, 0.3) is 5.91 Å². The number of likely N-dealkylation sites (N-methyl/N-ethyl adjacent to an activating group) is 1. The van der Waals surface area contributed by atoms with Gasteiger partial charge in [0.2, 0.25) is 5.91 Å². The molecule has 5 nitrogen and oxygen atoms in total. The van der Waals surface area contributed by atoms with Crippen molar-refractivity contribution in [2.45, 2.75) is 19.9 Å². The van der Waals surface area contributed by atoms with Gasteiger partial charge in [-0.15, -0.1) is 11.8 Å². The van der Waals surface area contributed by atoms with Crippen LogP contribution in [0.4, 0.5) is 0 Å². The monoisotopic (exact) mass is 347 g/mol. The van der Waals surface area contributed by atoms with Crippen LogP contribution in [-0.4, -0.2) is 76.9 Å². The van der Waals surface area contributed by atoms with Crippen LogP contribution in [0, 0.1) is 6.92 Å². The molecule has 0 spiro atoms. The Hall–Kier alpha value is -1.53. The summed E-state index contributed by atoms with van der Waals surface area (Å²) in [7, 11) is 0. The number of benzene rings is 1. The molecule has 2 amide bonds. The van der Waals surface area contributed by atoms with Gasteiger partial charge in [0, 0.05) is 37.5 Å². The van der Waals surface area contributed by atoms with E-state index in [1.54, 1.807) is 16.7 Å². The second-order valence-corrected chi connectivity index (χ2v) is 7.36. The lowest BCUT2D eigenvalue weighted by Crippen LogP contribution is -2.55. The number of carbonyl (C=O) groups is 2. The van der Waals surface area contributed by atoms with E-state index in [1.165, 1.54) is 0 Å². The molecule has 1 atom stereocenters. The summed E-state index contributed by atoms with van der Waals surface area (Å²) in [4.78, 5) is 31.9. The first-order valence-electron chi connectivity index (χ1n) is 8.57. The molecule has 2 fully saturated rings.